The fourth-order valence-electron chi connectivity index (χ4n) is 7.45. The van der Waals surface area contributed by atoms with Gasteiger partial charge in [-0.05, 0) is 131 Å². The van der Waals surface area contributed by atoms with Gasteiger partial charge in [0.25, 0.3) is 0 Å². The van der Waals surface area contributed by atoms with Gasteiger partial charge >= 0.3 is 0 Å². The third-order valence-electron chi connectivity index (χ3n) is 10.9. The number of nitrogens with one attached hydrogen (secondary N) is 1. The number of rotatable bonds is 14. The molecule has 0 aromatic heterocycles. The number of anilines is 1. The minimum absolute atomic E-state index is 0.186. The molecule has 4 rings (SSSR count). The van der Waals surface area contributed by atoms with Crippen LogP contribution in [0.15, 0.2) is 89.1 Å². The summed E-state index contributed by atoms with van der Waals surface area (Å²) in [5, 5.41) is 3.17. The number of amides is 1. The van der Waals surface area contributed by atoms with E-state index < -0.39 is 11.2 Å². The number of benzene rings is 1. The molecule has 2 fully saturated rings. The highest BCUT2D eigenvalue weighted by molar-refractivity contribution is 6.08. The number of hydrogen-bond donors (Lipinski definition) is 1. The summed E-state index contributed by atoms with van der Waals surface area (Å²) in [6, 6.07) is 6.52. The average Bonchev–Trinajstić information content (AvgIpc) is 3.66. The van der Waals surface area contributed by atoms with E-state index in [1.54, 1.807) is 12.2 Å². The van der Waals surface area contributed by atoms with Gasteiger partial charge in [-0.25, -0.2) is 4.39 Å². The van der Waals surface area contributed by atoms with E-state index in [4.69, 9.17) is 4.99 Å². The molecule has 1 aliphatic heterocycles. The minimum Gasteiger partial charge on any atom is -0.356 e. The van der Waals surface area contributed by atoms with E-state index >= 15 is 0 Å². The van der Waals surface area contributed by atoms with Gasteiger partial charge in [0.2, 0.25) is 5.91 Å². The second-order valence-electron chi connectivity index (χ2n) is 16.5. The molecular weight excluding hydrogens is 654 g/mol. The van der Waals surface area contributed by atoms with Crippen LogP contribution in [0.3, 0.4) is 0 Å². The zero-order valence-electron chi connectivity index (χ0n) is 35.7. The molecule has 53 heavy (non-hydrogen) atoms. The lowest BCUT2D eigenvalue weighted by Gasteiger charge is -2.42. The SMILES string of the molecule is C=C/C(F)=C(\C=C/C)N/C(C)=C(C)/C(=C\C(=C)c1ccc2c(c1)N(C1CC(CCC)C1)C(=O)C2(C)C)N=CCC.CC(C)C.CCC1CCC(CC)C1. The maximum atomic E-state index is 14.4. The van der Waals surface area contributed by atoms with E-state index in [0.29, 0.717) is 11.6 Å². The van der Waals surface area contributed by atoms with Gasteiger partial charge < -0.3 is 10.2 Å². The average molecular weight is 728 g/mol. The van der Waals surface area contributed by atoms with Crippen LogP contribution in [0.25, 0.3) is 5.57 Å². The summed E-state index contributed by atoms with van der Waals surface area (Å²) in [5.41, 5.74) is 6.02. The van der Waals surface area contributed by atoms with Crippen LogP contribution in [0, 0.1) is 23.7 Å². The van der Waals surface area contributed by atoms with Crippen molar-refractivity contribution in [2.24, 2.45) is 28.7 Å². The van der Waals surface area contributed by atoms with Crippen LogP contribution in [-0.4, -0.2) is 18.2 Å². The first-order valence-corrected chi connectivity index (χ1v) is 20.6. The molecule has 5 heteroatoms. The summed E-state index contributed by atoms with van der Waals surface area (Å²) >= 11 is 0. The van der Waals surface area contributed by atoms with Crippen molar-refractivity contribution in [1.82, 2.24) is 5.32 Å². The van der Waals surface area contributed by atoms with E-state index in [1.165, 1.54) is 51.0 Å². The Morgan fingerprint density at radius 1 is 1.04 bits per heavy atom. The predicted octanol–water partition coefficient (Wildman–Crippen LogP) is 14.0. The molecule has 2 aliphatic carbocycles. The molecule has 2 saturated carbocycles. The first-order chi connectivity index (χ1) is 25.1. The first kappa shape index (κ1) is 45.7. The van der Waals surface area contributed by atoms with Crippen molar-refractivity contribution in [3.63, 3.8) is 0 Å². The van der Waals surface area contributed by atoms with Gasteiger partial charge in [-0.15, -0.1) is 0 Å². The molecule has 1 amide bonds. The molecule has 1 N–H and O–H groups in total. The van der Waals surface area contributed by atoms with Crippen LogP contribution < -0.4 is 10.2 Å². The first-order valence-electron chi connectivity index (χ1n) is 20.6. The van der Waals surface area contributed by atoms with Crippen molar-refractivity contribution < 1.29 is 9.18 Å². The van der Waals surface area contributed by atoms with Gasteiger partial charge in [0, 0.05) is 23.6 Å². The van der Waals surface area contributed by atoms with Gasteiger partial charge in [-0.1, -0.05) is 118 Å². The highest BCUT2D eigenvalue weighted by Crippen LogP contribution is 2.48. The van der Waals surface area contributed by atoms with Crippen molar-refractivity contribution in [3.05, 3.63) is 95.3 Å². The van der Waals surface area contributed by atoms with Gasteiger partial charge in [0.05, 0.1) is 16.8 Å². The number of halogens is 1. The van der Waals surface area contributed by atoms with E-state index in [9.17, 15) is 9.18 Å². The molecule has 0 radical (unpaired) electrons. The van der Waals surface area contributed by atoms with Crippen molar-refractivity contribution >= 4 is 23.4 Å². The second-order valence-corrected chi connectivity index (χ2v) is 16.5. The number of carbonyl (C=O) groups excluding carboxylic acids is 1. The number of fused-ring (bicyclic) bond motifs is 1. The van der Waals surface area contributed by atoms with Crippen LogP contribution in [0.2, 0.25) is 0 Å². The van der Waals surface area contributed by atoms with Gasteiger partial charge in [-0.3, -0.25) is 9.79 Å². The molecule has 1 aromatic carbocycles. The molecule has 0 spiro atoms. The second kappa shape index (κ2) is 22.0. The third-order valence-corrected chi connectivity index (χ3v) is 10.9. The Hall–Kier alpha value is -3.47. The lowest BCUT2D eigenvalue weighted by atomic mass is 9.76. The smallest absolute Gasteiger partial charge is 0.237 e. The van der Waals surface area contributed by atoms with Gasteiger partial charge in [0.15, 0.2) is 0 Å². The Bertz CT molecular complexity index is 1520. The molecule has 294 valence electrons. The number of carbonyl (C=O) groups is 1. The van der Waals surface area contributed by atoms with Crippen LogP contribution in [0.5, 0.6) is 0 Å². The van der Waals surface area contributed by atoms with Crippen LogP contribution in [0.1, 0.15) is 158 Å². The molecule has 4 nitrogen and oxygen atoms in total. The number of nitrogens with zero attached hydrogens (tertiary/aromatic N) is 2. The molecule has 0 saturated heterocycles. The van der Waals surface area contributed by atoms with Crippen LogP contribution >= 0.6 is 0 Å². The Labute approximate surface area is 324 Å². The number of aliphatic imine (C=N–C) groups is 1. The quantitative estimate of drug-likeness (QED) is 0.153. The van der Waals surface area contributed by atoms with Crippen molar-refractivity contribution in [2.45, 2.75) is 159 Å². The fraction of sp³-hybridized carbons (Fsp3) is 0.583. The van der Waals surface area contributed by atoms with E-state index in [-0.39, 0.29) is 11.9 Å². The van der Waals surface area contributed by atoms with Crippen LogP contribution in [0.4, 0.5) is 10.1 Å². The fourth-order valence-corrected chi connectivity index (χ4v) is 7.45. The van der Waals surface area contributed by atoms with E-state index in [0.717, 1.165) is 76.4 Å². The molecular formula is C48H74FN3O. The van der Waals surface area contributed by atoms with Crippen molar-refractivity contribution in [2.75, 3.05) is 4.90 Å². The van der Waals surface area contributed by atoms with E-state index in [1.807, 2.05) is 53.8 Å². The predicted molar refractivity (Wildman–Crippen MR) is 231 cm³/mol. The summed E-state index contributed by atoms with van der Waals surface area (Å²) in [5.74, 6) is 3.46. The molecule has 2 atom stereocenters. The minimum atomic E-state index is -0.543. The molecule has 1 heterocycles. The van der Waals surface area contributed by atoms with Gasteiger partial charge in [-0.2, -0.15) is 0 Å². The topological polar surface area (TPSA) is 44.7 Å². The number of hydrogen-bond acceptors (Lipinski definition) is 3. The summed E-state index contributed by atoms with van der Waals surface area (Å²) in [6.45, 7) is 33.1. The molecule has 1 aromatic rings. The zero-order chi connectivity index (χ0) is 39.9. The number of allylic oxidation sites excluding steroid dienone is 8. The molecule has 2 unspecified atom stereocenters. The maximum Gasteiger partial charge on any atom is 0.237 e. The Morgan fingerprint density at radius 2 is 1.64 bits per heavy atom. The third kappa shape index (κ3) is 12.8. The summed E-state index contributed by atoms with van der Waals surface area (Å²) in [7, 11) is 0. The maximum absolute atomic E-state index is 14.4. The molecule has 3 aliphatic rings. The Kier molecular flexibility index (Phi) is 19.0. The van der Waals surface area contributed by atoms with Gasteiger partial charge in [0.1, 0.15) is 5.83 Å². The van der Waals surface area contributed by atoms with Crippen LogP contribution in [-0.2, 0) is 10.2 Å². The summed E-state index contributed by atoms with van der Waals surface area (Å²) < 4.78 is 14.4. The molecule has 0 bridgehead atoms. The Morgan fingerprint density at radius 3 is 2.13 bits per heavy atom. The highest BCUT2D eigenvalue weighted by atomic mass is 19.1. The monoisotopic (exact) mass is 728 g/mol. The highest BCUT2D eigenvalue weighted by Gasteiger charge is 2.49. The lowest BCUT2D eigenvalue weighted by Crippen LogP contribution is -2.49. The Balaban J connectivity index is 0.000000629. The van der Waals surface area contributed by atoms with Crippen molar-refractivity contribution in [1.29, 1.82) is 0 Å². The van der Waals surface area contributed by atoms with Crippen molar-refractivity contribution in [3.8, 4) is 0 Å². The summed E-state index contributed by atoms with van der Waals surface area (Å²) in [6.07, 6.45) is 21.2. The summed E-state index contributed by atoms with van der Waals surface area (Å²) in [4.78, 5) is 20.3. The largest absolute Gasteiger partial charge is 0.356 e. The normalized spacial score (nSPS) is 23.1. The van der Waals surface area contributed by atoms with E-state index in [2.05, 4.69) is 83.1 Å². The lowest BCUT2D eigenvalue weighted by molar-refractivity contribution is -0.123. The zero-order valence-corrected chi connectivity index (χ0v) is 35.7. The standard InChI is InChI=1S/C35H46FN3O.C9H18.C4H10/c1-10-14-26-20-28(21-26)39-33-22-27(16-17-29(33)35(8,9)34(39)40)23(5)19-32(37-18-12-3)24(6)25(7)38-31(15-11-2)30(36)13-4;1-3-8-5-6-9(4-2)7-8;1-4(2)3/h11,13,15-19,22,26,28,38H,4-5,10,12,14,20-21H2,1-3,6-9H3;8-9H,3-7H2,1-2H3;4H,1-3H3/b15-11-,25-24+,31-30-,32-19+,37-18?;;.